The van der Waals surface area contributed by atoms with E-state index in [1.165, 1.54) is 0 Å². The van der Waals surface area contributed by atoms with Gasteiger partial charge in [-0.05, 0) is 18.6 Å². The van der Waals surface area contributed by atoms with E-state index in [-0.39, 0.29) is 0 Å². The molecule has 3 heteroatoms. The van der Waals surface area contributed by atoms with Crippen LogP contribution < -0.4 is 0 Å². The van der Waals surface area contributed by atoms with Crippen molar-refractivity contribution < 1.29 is 4.79 Å². The van der Waals surface area contributed by atoms with Crippen LogP contribution in [-0.4, -0.2) is 11.3 Å². The van der Waals surface area contributed by atoms with Crippen LogP contribution in [0.2, 0.25) is 5.02 Å². The normalized spacial score (nSPS) is 9.64. The number of aryl methyl sites for hydroxylation is 1. The molecule has 1 rings (SSSR count). The zero-order valence-electron chi connectivity index (χ0n) is 6.17. The highest BCUT2D eigenvalue weighted by molar-refractivity contribution is 6.31. The smallest absolute Gasteiger partial charge is 0.124 e. The molecule has 0 saturated carbocycles. The number of aldehydes is 1. The first kappa shape index (κ1) is 8.21. The maximum Gasteiger partial charge on any atom is 0.124 e. The molecule has 0 aliphatic carbocycles. The first-order valence-electron chi connectivity index (χ1n) is 3.28. The minimum atomic E-state index is 0.382. The number of halogens is 1. The Bertz CT molecular complexity index is 273. The maximum atomic E-state index is 10.1. The SMILES string of the molecule is Cc1ncc(CC=O)cc1Cl. The summed E-state index contributed by atoms with van der Waals surface area (Å²) in [6, 6.07) is 1.76. The molecule has 0 radical (unpaired) electrons. The molecule has 0 aliphatic rings. The van der Waals surface area contributed by atoms with Gasteiger partial charge in [0.2, 0.25) is 0 Å². The number of hydrogen-bond donors (Lipinski definition) is 0. The molecule has 0 spiro atoms. The molecule has 0 unspecified atom stereocenters. The monoisotopic (exact) mass is 169 g/mol. The number of aromatic nitrogens is 1. The van der Waals surface area contributed by atoms with Gasteiger partial charge in [0.1, 0.15) is 6.29 Å². The summed E-state index contributed by atoms with van der Waals surface area (Å²) in [5.74, 6) is 0. The van der Waals surface area contributed by atoms with Gasteiger partial charge in [-0.2, -0.15) is 0 Å². The Balaban J connectivity index is 2.95. The molecule has 0 aromatic carbocycles. The highest BCUT2D eigenvalue weighted by atomic mass is 35.5. The van der Waals surface area contributed by atoms with Crippen LogP contribution in [-0.2, 0) is 11.2 Å². The quantitative estimate of drug-likeness (QED) is 0.632. The average Bonchev–Trinajstić information content (AvgIpc) is 1.98. The Morgan fingerprint density at radius 1 is 1.73 bits per heavy atom. The number of carbonyl (C=O) groups is 1. The van der Waals surface area contributed by atoms with Crippen LogP contribution in [0, 0.1) is 6.92 Å². The largest absolute Gasteiger partial charge is 0.303 e. The Hall–Kier alpha value is -0.890. The highest BCUT2D eigenvalue weighted by Crippen LogP contribution is 2.13. The molecule has 1 heterocycles. The minimum absolute atomic E-state index is 0.382. The number of rotatable bonds is 2. The van der Waals surface area contributed by atoms with Crippen LogP contribution in [0.3, 0.4) is 0 Å². The molecule has 0 saturated heterocycles. The lowest BCUT2D eigenvalue weighted by molar-refractivity contribution is -0.107. The van der Waals surface area contributed by atoms with Gasteiger partial charge in [-0.25, -0.2) is 0 Å². The summed E-state index contributed by atoms with van der Waals surface area (Å²) in [6.45, 7) is 1.83. The Kier molecular flexibility index (Phi) is 2.60. The summed E-state index contributed by atoms with van der Waals surface area (Å²) in [7, 11) is 0. The topological polar surface area (TPSA) is 30.0 Å². The van der Waals surface area contributed by atoms with Crippen molar-refractivity contribution in [3.05, 3.63) is 28.5 Å². The number of carbonyl (C=O) groups excluding carboxylic acids is 1. The van der Waals surface area contributed by atoms with E-state index in [1.54, 1.807) is 12.3 Å². The van der Waals surface area contributed by atoms with Gasteiger partial charge in [-0.1, -0.05) is 11.6 Å². The minimum Gasteiger partial charge on any atom is -0.303 e. The van der Waals surface area contributed by atoms with Crippen molar-refractivity contribution in [1.82, 2.24) is 4.98 Å². The second-order valence-corrected chi connectivity index (χ2v) is 2.69. The molecule has 58 valence electrons. The molecule has 0 aliphatic heterocycles. The van der Waals surface area contributed by atoms with Crippen molar-refractivity contribution in [2.24, 2.45) is 0 Å². The fourth-order valence-electron chi connectivity index (χ4n) is 0.754. The molecule has 0 bridgehead atoms. The fraction of sp³-hybridized carbons (Fsp3) is 0.250. The Morgan fingerprint density at radius 3 is 3.00 bits per heavy atom. The summed E-state index contributed by atoms with van der Waals surface area (Å²) in [4.78, 5) is 14.1. The summed E-state index contributed by atoms with van der Waals surface area (Å²) >= 11 is 5.77. The molecule has 1 aromatic heterocycles. The van der Waals surface area contributed by atoms with Gasteiger partial charge in [-0.3, -0.25) is 4.98 Å². The molecule has 1 aromatic rings. The number of pyridine rings is 1. The van der Waals surface area contributed by atoms with E-state index in [0.717, 1.165) is 17.5 Å². The van der Waals surface area contributed by atoms with Gasteiger partial charge in [0.15, 0.2) is 0 Å². The van der Waals surface area contributed by atoms with Crippen LogP contribution in [0.5, 0.6) is 0 Å². The molecular formula is C8H8ClNO. The predicted molar refractivity (Wildman–Crippen MR) is 43.8 cm³/mol. The molecule has 0 atom stereocenters. The number of hydrogen-bond acceptors (Lipinski definition) is 2. The first-order valence-corrected chi connectivity index (χ1v) is 3.66. The van der Waals surface area contributed by atoms with E-state index in [1.807, 2.05) is 6.92 Å². The van der Waals surface area contributed by atoms with Gasteiger partial charge in [0.05, 0.1) is 10.7 Å². The van der Waals surface area contributed by atoms with Crippen LogP contribution in [0.1, 0.15) is 11.3 Å². The van der Waals surface area contributed by atoms with Gasteiger partial charge in [0.25, 0.3) is 0 Å². The van der Waals surface area contributed by atoms with Crippen LogP contribution in [0.25, 0.3) is 0 Å². The van der Waals surface area contributed by atoms with E-state index in [4.69, 9.17) is 11.6 Å². The summed E-state index contributed by atoms with van der Waals surface area (Å²) in [6.07, 6.45) is 2.88. The zero-order valence-corrected chi connectivity index (χ0v) is 6.93. The third kappa shape index (κ3) is 2.02. The highest BCUT2D eigenvalue weighted by Gasteiger charge is 1.97. The van der Waals surface area contributed by atoms with Gasteiger partial charge >= 0.3 is 0 Å². The van der Waals surface area contributed by atoms with E-state index in [0.29, 0.717) is 11.4 Å². The van der Waals surface area contributed by atoms with E-state index < -0.39 is 0 Å². The standard InChI is InChI=1S/C8H8ClNO/c1-6-8(9)4-7(2-3-11)5-10-6/h3-5H,2H2,1H3. The zero-order chi connectivity index (χ0) is 8.27. The fourth-order valence-corrected chi connectivity index (χ4v) is 0.943. The molecule has 0 amide bonds. The average molecular weight is 170 g/mol. The van der Waals surface area contributed by atoms with Crippen molar-refractivity contribution >= 4 is 17.9 Å². The van der Waals surface area contributed by atoms with E-state index in [2.05, 4.69) is 4.98 Å². The molecule has 0 N–H and O–H groups in total. The summed E-state index contributed by atoms with van der Waals surface area (Å²) in [5, 5.41) is 0.615. The van der Waals surface area contributed by atoms with Crippen LogP contribution in [0.4, 0.5) is 0 Å². The summed E-state index contributed by atoms with van der Waals surface area (Å²) in [5.41, 5.74) is 1.65. The van der Waals surface area contributed by atoms with Crippen molar-refractivity contribution in [2.75, 3.05) is 0 Å². The lowest BCUT2D eigenvalue weighted by Gasteiger charge is -1.97. The third-order valence-electron chi connectivity index (χ3n) is 1.40. The molecule has 0 fully saturated rings. The lowest BCUT2D eigenvalue weighted by atomic mass is 10.2. The van der Waals surface area contributed by atoms with Crippen molar-refractivity contribution in [1.29, 1.82) is 0 Å². The van der Waals surface area contributed by atoms with Gasteiger partial charge in [0, 0.05) is 12.6 Å². The van der Waals surface area contributed by atoms with E-state index in [9.17, 15) is 4.79 Å². The van der Waals surface area contributed by atoms with Crippen molar-refractivity contribution in [3.63, 3.8) is 0 Å². The predicted octanol–water partition coefficient (Wildman–Crippen LogP) is 1.78. The second kappa shape index (κ2) is 3.49. The number of nitrogens with zero attached hydrogens (tertiary/aromatic N) is 1. The maximum absolute atomic E-state index is 10.1. The van der Waals surface area contributed by atoms with E-state index >= 15 is 0 Å². The lowest BCUT2D eigenvalue weighted by Crippen LogP contribution is -1.89. The molecule has 2 nitrogen and oxygen atoms in total. The molecule has 11 heavy (non-hydrogen) atoms. The van der Waals surface area contributed by atoms with Crippen LogP contribution in [0.15, 0.2) is 12.3 Å². The first-order chi connectivity index (χ1) is 5.24. The van der Waals surface area contributed by atoms with Crippen LogP contribution >= 0.6 is 11.6 Å². The molecular weight excluding hydrogens is 162 g/mol. The van der Waals surface area contributed by atoms with Crippen molar-refractivity contribution in [3.8, 4) is 0 Å². The summed E-state index contributed by atoms with van der Waals surface area (Å²) < 4.78 is 0. The van der Waals surface area contributed by atoms with Gasteiger partial charge < -0.3 is 4.79 Å². The van der Waals surface area contributed by atoms with Crippen molar-refractivity contribution in [2.45, 2.75) is 13.3 Å². The Morgan fingerprint density at radius 2 is 2.45 bits per heavy atom. The second-order valence-electron chi connectivity index (χ2n) is 2.28. The Labute approximate surface area is 70.2 Å². The third-order valence-corrected chi connectivity index (χ3v) is 1.78. The van der Waals surface area contributed by atoms with Gasteiger partial charge in [-0.15, -0.1) is 0 Å².